The van der Waals surface area contributed by atoms with Crippen molar-refractivity contribution in [3.8, 4) is 0 Å². The third-order valence-electron chi connectivity index (χ3n) is 2.09. The second kappa shape index (κ2) is 6.83. The molecule has 0 aliphatic rings. The Morgan fingerprint density at radius 2 is 1.90 bits per heavy atom. The summed E-state index contributed by atoms with van der Waals surface area (Å²) in [6.07, 6.45) is 1.17. The van der Waals surface area contributed by atoms with E-state index in [-0.39, 0.29) is 5.69 Å². The van der Waals surface area contributed by atoms with Crippen molar-refractivity contribution in [2.75, 3.05) is 13.1 Å². The van der Waals surface area contributed by atoms with E-state index >= 15 is 0 Å². The minimum atomic E-state index is -1.23. The zero-order chi connectivity index (χ0) is 15.1. The highest BCUT2D eigenvalue weighted by Crippen LogP contribution is 2.11. The number of rotatable bonds is 7. The molecule has 0 aliphatic carbocycles. The van der Waals surface area contributed by atoms with Gasteiger partial charge in [-0.25, -0.2) is 0 Å². The van der Waals surface area contributed by atoms with Gasteiger partial charge in [-0.15, -0.1) is 0 Å². The van der Waals surface area contributed by atoms with Gasteiger partial charge in [0.05, 0.1) is 11.1 Å². The number of nitro groups is 1. The van der Waals surface area contributed by atoms with Crippen LogP contribution in [0.5, 0.6) is 0 Å². The molecule has 0 atom stereocenters. The number of nitro benzene ring substituents is 1. The van der Waals surface area contributed by atoms with Crippen LogP contribution in [0, 0.1) is 10.1 Å². The Morgan fingerprint density at radius 1 is 1.30 bits per heavy atom. The zero-order valence-electron chi connectivity index (χ0n) is 10.2. The van der Waals surface area contributed by atoms with E-state index in [1.165, 1.54) is 30.5 Å². The van der Waals surface area contributed by atoms with Crippen molar-refractivity contribution in [3.05, 3.63) is 39.9 Å². The molecule has 1 rings (SSSR count). The molecule has 0 saturated heterocycles. The minimum absolute atomic E-state index is 0.142. The average molecular weight is 281 g/mol. The molecule has 0 heterocycles. The molecular weight excluding hydrogens is 270 g/mol. The van der Waals surface area contributed by atoms with E-state index in [9.17, 15) is 19.7 Å². The fraction of sp³-hybridized carbons (Fsp3) is 0.182. The van der Waals surface area contributed by atoms with Crippen LogP contribution in [0.4, 0.5) is 5.69 Å². The lowest BCUT2D eigenvalue weighted by Gasteiger charge is -2.13. The van der Waals surface area contributed by atoms with E-state index in [1.807, 2.05) is 0 Å². The maximum Gasteiger partial charge on any atom is 0.324 e. The van der Waals surface area contributed by atoms with Crippen LogP contribution in [-0.4, -0.2) is 51.4 Å². The number of benzene rings is 1. The Balaban J connectivity index is 2.85. The molecular formula is C11H11N3O6. The van der Waals surface area contributed by atoms with Gasteiger partial charge in [-0.1, -0.05) is 12.1 Å². The molecule has 0 amide bonds. The first kappa shape index (κ1) is 15.1. The molecule has 1 aromatic rings. The molecule has 0 unspecified atom stereocenters. The number of hydrogen-bond donors (Lipinski definition) is 2. The van der Waals surface area contributed by atoms with Crippen LogP contribution in [0.2, 0.25) is 0 Å². The standard InChI is InChI=1S/C11H11N3O6/c15-10(16)6-13(7-11(17)18)12-5-8-2-1-3-9(4-8)14(19)20/h1-5H,6-7H2,(H,15,16)(H,17,18)/b12-5-. The quantitative estimate of drug-likeness (QED) is 0.419. The Labute approximate surface area is 112 Å². The summed E-state index contributed by atoms with van der Waals surface area (Å²) < 4.78 is 0. The van der Waals surface area contributed by atoms with Gasteiger partial charge in [-0.05, 0) is 0 Å². The number of hydrazone groups is 1. The second-order valence-corrected chi connectivity index (χ2v) is 3.71. The van der Waals surface area contributed by atoms with Crippen molar-refractivity contribution < 1.29 is 24.7 Å². The van der Waals surface area contributed by atoms with Gasteiger partial charge in [0.15, 0.2) is 0 Å². The molecule has 9 nitrogen and oxygen atoms in total. The molecule has 1 aromatic carbocycles. The normalized spacial score (nSPS) is 10.4. The van der Waals surface area contributed by atoms with E-state index in [0.29, 0.717) is 5.56 Å². The lowest BCUT2D eigenvalue weighted by Crippen LogP contribution is -2.30. The van der Waals surface area contributed by atoms with Crippen molar-refractivity contribution in [2.45, 2.75) is 0 Å². The van der Waals surface area contributed by atoms with Gasteiger partial charge >= 0.3 is 11.9 Å². The molecule has 0 bridgehead atoms. The summed E-state index contributed by atoms with van der Waals surface area (Å²) in [5, 5.41) is 32.3. The van der Waals surface area contributed by atoms with Crippen LogP contribution in [0.15, 0.2) is 29.4 Å². The molecule has 0 fully saturated rings. The minimum Gasteiger partial charge on any atom is -0.480 e. The van der Waals surface area contributed by atoms with Gasteiger partial charge in [-0.3, -0.25) is 24.7 Å². The first-order valence-corrected chi connectivity index (χ1v) is 5.35. The van der Waals surface area contributed by atoms with Crippen LogP contribution >= 0.6 is 0 Å². The third kappa shape index (κ3) is 5.12. The summed E-state index contributed by atoms with van der Waals surface area (Å²) in [6, 6.07) is 5.50. The first-order valence-electron chi connectivity index (χ1n) is 5.35. The Morgan fingerprint density at radius 3 is 2.40 bits per heavy atom. The fourth-order valence-electron chi connectivity index (χ4n) is 1.32. The van der Waals surface area contributed by atoms with Crippen molar-refractivity contribution >= 4 is 23.8 Å². The average Bonchev–Trinajstić information content (AvgIpc) is 2.35. The Kier molecular flexibility index (Phi) is 5.15. The second-order valence-electron chi connectivity index (χ2n) is 3.71. The number of non-ortho nitro benzene ring substituents is 1. The number of aliphatic carboxylic acids is 2. The molecule has 20 heavy (non-hydrogen) atoms. The van der Waals surface area contributed by atoms with Gasteiger partial charge < -0.3 is 10.2 Å². The summed E-state index contributed by atoms with van der Waals surface area (Å²) in [7, 11) is 0. The van der Waals surface area contributed by atoms with Gasteiger partial charge in [-0.2, -0.15) is 5.10 Å². The number of nitrogens with zero attached hydrogens (tertiary/aromatic N) is 3. The highest BCUT2D eigenvalue weighted by molar-refractivity contribution is 5.81. The van der Waals surface area contributed by atoms with E-state index in [2.05, 4.69) is 5.10 Å². The SMILES string of the molecule is O=C(O)CN(CC(=O)O)/N=C\c1cccc([N+](=O)[O-])c1. The highest BCUT2D eigenvalue weighted by Gasteiger charge is 2.10. The lowest BCUT2D eigenvalue weighted by atomic mass is 10.2. The summed E-state index contributed by atoms with van der Waals surface area (Å²) >= 11 is 0. The molecule has 2 N–H and O–H groups in total. The molecule has 0 aromatic heterocycles. The van der Waals surface area contributed by atoms with Crippen LogP contribution in [-0.2, 0) is 9.59 Å². The maximum absolute atomic E-state index is 10.6. The third-order valence-corrected chi connectivity index (χ3v) is 2.09. The Hall–Kier alpha value is -2.97. The van der Waals surface area contributed by atoms with Crippen LogP contribution in [0.1, 0.15) is 5.56 Å². The molecule has 9 heteroatoms. The summed E-state index contributed by atoms with van der Waals surface area (Å²) in [5.41, 5.74) is 0.219. The van der Waals surface area contributed by atoms with Crippen molar-refractivity contribution in [2.24, 2.45) is 5.10 Å². The summed E-state index contributed by atoms with van der Waals surface area (Å²) in [5.74, 6) is -2.47. The first-order chi connectivity index (χ1) is 9.38. The van der Waals surface area contributed by atoms with Crippen LogP contribution < -0.4 is 0 Å². The van der Waals surface area contributed by atoms with E-state index in [4.69, 9.17) is 10.2 Å². The van der Waals surface area contributed by atoms with Crippen molar-refractivity contribution in [1.29, 1.82) is 0 Å². The van der Waals surface area contributed by atoms with Crippen molar-refractivity contribution in [3.63, 3.8) is 0 Å². The molecule has 0 radical (unpaired) electrons. The summed E-state index contributed by atoms with van der Waals surface area (Å²) in [6.45, 7) is -1.17. The lowest BCUT2D eigenvalue weighted by molar-refractivity contribution is -0.384. The van der Waals surface area contributed by atoms with E-state index in [1.54, 1.807) is 0 Å². The predicted octanol–water partition coefficient (Wildman–Crippen LogP) is 0.400. The zero-order valence-corrected chi connectivity index (χ0v) is 10.2. The van der Waals surface area contributed by atoms with Gasteiger partial charge in [0.1, 0.15) is 13.1 Å². The van der Waals surface area contributed by atoms with E-state index in [0.717, 1.165) is 5.01 Å². The highest BCUT2D eigenvalue weighted by atomic mass is 16.6. The van der Waals surface area contributed by atoms with Crippen molar-refractivity contribution in [1.82, 2.24) is 5.01 Å². The molecule has 106 valence electrons. The monoisotopic (exact) mass is 281 g/mol. The molecule has 0 aliphatic heterocycles. The molecule has 0 spiro atoms. The number of carboxylic acids is 2. The topological polar surface area (TPSA) is 133 Å². The fourth-order valence-corrected chi connectivity index (χ4v) is 1.32. The Bertz CT molecular complexity index is 541. The van der Waals surface area contributed by atoms with Crippen LogP contribution in [0.25, 0.3) is 0 Å². The maximum atomic E-state index is 10.6. The molecule has 0 saturated carbocycles. The smallest absolute Gasteiger partial charge is 0.324 e. The van der Waals surface area contributed by atoms with Gasteiger partial charge in [0.25, 0.3) is 5.69 Å². The van der Waals surface area contributed by atoms with Crippen LogP contribution in [0.3, 0.4) is 0 Å². The number of hydrogen-bond acceptors (Lipinski definition) is 6. The largest absolute Gasteiger partial charge is 0.480 e. The number of carbonyl (C=O) groups is 2. The van der Waals surface area contributed by atoms with E-state index < -0.39 is 30.0 Å². The summed E-state index contributed by atoms with van der Waals surface area (Å²) in [4.78, 5) is 31.1. The predicted molar refractivity (Wildman–Crippen MR) is 67.5 cm³/mol. The number of carboxylic acid groups (broad SMARTS) is 2. The van der Waals surface area contributed by atoms with Gasteiger partial charge in [0, 0.05) is 17.7 Å². The van der Waals surface area contributed by atoms with Gasteiger partial charge in [0.2, 0.25) is 0 Å².